The zero-order valence-electron chi connectivity index (χ0n) is 11.4. The van der Waals surface area contributed by atoms with Gasteiger partial charge in [0.15, 0.2) is 0 Å². The van der Waals surface area contributed by atoms with Gasteiger partial charge in [-0.15, -0.1) is 0 Å². The molecule has 0 fully saturated rings. The minimum Gasteiger partial charge on any atom is -0.492 e. The molecule has 1 heterocycles. The molecule has 0 bridgehead atoms. The summed E-state index contributed by atoms with van der Waals surface area (Å²) in [5, 5.41) is 4.76. The molecule has 0 amide bonds. The maximum Gasteiger partial charge on any atom is 0.143 e. The first-order valence-corrected chi connectivity index (χ1v) is 8.52. The molecule has 1 atom stereocenters. The number of hydrogen-bond acceptors (Lipinski definition) is 2. The number of aryl methyl sites for hydroxylation is 1. The van der Waals surface area contributed by atoms with Gasteiger partial charge in [0.05, 0.1) is 17.7 Å². The van der Waals surface area contributed by atoms with Gasteiger partial charge in [-0.3, -0.25) is 0 Å². The third kappa shape index (κ3) is 3.25. The number of anilines is 1. The van der Waals surface area contributed by atoms with Gasteiger partial charge < -0.3 is 10.1 Å². The van der Waals surface area contributed by atoms with Crippen molar-refractivity contribution in [1.29, 1.82) is 0 Å². The number of benzene rings is 2. The van der Waals surface area contributed by atoms with Crippen molar-refractivity contribution >= 4 is 51.5 Å². The minimum absolute atomic E-state index is 0.156. The van der Waals surface area contributed by atoms with Crippen LogP contribution in [0.25, 0.3) is 0 Å². The normalized spacial score (nSPS) is 17.0. The van der Waals surface area contributed by atoms with Crippen LogP contribution in [0.3, 0.4) is 0 Å². The summed E-state index contributed by atoms with van der Waals surface area (Å²) in [5.41, 5.74) is 3.40. The number of nitrogens with one attached hydrogen (secondary N) is 1. The Morgan fingerprint density at radius 3 is 2.81 bits per heavy atom. The first kappa shape index (κ1) is 15.3. The summed E-state index contributed by atoms with van der Waals surface area (Å²) in [6, 6.07) is 10.2. The highest BCUT2D eigenvalue weighted by Crippen LogP contribution is 2.41. The van der Waals surface area contributed by atoms with Crippen molar-refractivity contribution in [3.05, 3.63) is 55.1 Å². The van der Waals surface area contributed by atoms with Crippen LogP contribution < -0.4 is 10.1 Å². The van der Waals surface area contributed by atoms with Crippen LogP contribution in [0.2, 0.25) is 10.0 Å². The third-order valence-corrected chi connectivity index (χ3v) is 5.24. The summed E-state index contributed by atoms with van der Waals surface area (Å²) in [6.45, 7) is 2.75. The summed E-state index contributed by atoms with van der Waals surface area (Å²) in [7, 11) is 0. The van der Waals surface area contributed by atoms with Gasteiger partial charge in [-0.25, -0.2) is 0 Å². The highest BCUT2D eigenvalue weighted by atomic mass is 127. The van der Waals surface area contributed by atoms with Crippen molar-refractivity contribution in [2.75, 3.05) is 11.9 Å². The minimum atomic E-state index is 0.156. The second-order valence-electron chi connectivity index (χ2n) is 5.10. The van der Waals surface area contributed by atoms with Gasteiger partial charge in [0.25, 0.3) is 0 Å². The van der Waals surface area contributed by atoms with Crippen molar-refractivity contribution < 1.29 is 4.74 Å². The van der Waals surface area contributed by atoms with Gasteiger partial charge in [0.2, 0.25) is 0 Å². The van der Waals surface area contributed by atoms with Gasteiger partial charge in [-0.2, -0.15) is 0 Å². The fourth-order valence-electron chi connectivity index (χ4n) is 2.46. The maximum absolute atomic E-state index is 6.22. The van der Waals surface area contributed by atoms with Gasteiger partial charge in [-0.05, 0) is 59.3 Å². The Bertz CT molecular complexity index is 690. The van der Waals surface area contributed by atoms with Crippen LogP contribution in [0, 0.1) is 10.5 Å². The van der Waals surface area contributed by atoms with E-state index in [0.717, 1.165) is 23.4 Å². The first-order valence-electron chi connectivity index (χ1n) is 6.69. The van der Waals surface area contributed by atoms with Crippen molar-refractivity contribution in [3.8, 4) is 5.75 Å². The van der Waals surface area contributed by atoms with Crippen molar-refractivity contribution in [2.45, 2.75) is 19.4 Å². The molecule has 0 radical (unpaired) electrons. The van der Waals surface area contributed by atoms with Gasteiger partial charge in [0.1, 0.15) is 5.75 Å². The summed E-state index contributed by atoms with van der Waals surface area (Å²) < 4.78 is 6.93. The lowest BCUT2D eigenvalue weighted by Gasteiger charge is -2.28. The SMILES string of the molecule is Cc1ccc(NC2CCOc3c(Cl)cc(Cl)cc32)cc1I. The van der Waals surface area contributed by atoms with Crippen molar-refractivity contribution in [1.82, 2.24) is 0 Å². The summed E-state index contributed by atoms with van der Waals surface area (Å²) in [6.07, 6.45) is 0.883. The van der Waals surface area contributed by atoms with E-state index in [9.17, 15) is 0 Å². The molecule has 2 nitrogen and oxygen atoms in total. The van der Waals surface area contributed by atoms with E-state index in [1.165, 1.54) is 9.13 Å². The molecule has 0 saturated carbocycles. The van der Waals surface area contributed by atoms with Gasteiger partial charge >= 0.3 is 0 Å². The predicted octanol–water partition coefficient (Wildman–Crippen LogP) is 5.84. The van der Waals surface area contributed by atoms with Gasteiger partial charge in [-0.1, -0.05) is 29.3 Å². The van der Waals surface area contributed by atoms with E-state index in [1.54, 1.807) is 6.07 Å². The van der Waals surface area contributed by atoms with Gasteiger partial charge in [0, 0.05) is 26.3 Å². The number of fused-ring (bicyclic) bond motifs is 1. The molecule has 0 aliphatic carbocycles. The topological polar surface area (TPSA) is 21.3 Å². The molecule has 1 aliphatic rings. The van der Waals surface area contributed by atoms with Crippen LogP contribution >= 0.6 is 45.8 Å². The molecule has 0 saturated heterocycles. The lowest BCUT2D eigenvalue weighted by molar-refractivity contribution is 0.274. The lowest BCUT2D eigenvalue weighted by atomic mass is 10.00. The molecule has 1 N–H and O–H groups in total. The van der Waals surface area contributed by atoms with E-state index in [2.05, 4.69) is 53.0 Å². The molecule has 2 aromatic rings. The summed E-state index contributed by atoms with van der Waals surface area (Å²) in [4.78, 5) is 0. The molecule has 3 rings (SSSR count). The lowest BCUT2D eigenvalue weighted by Crippen LogP contribution is -2.20. The van der Waals surface area contributed by atoms with Crippen LogP contribution in [0.5, 0.6) is 5.75 Å². The van der Waals surface area contributed by atoms with E-state index in [0.29, 0.717) is 16.7 Å². The monoisotopic (exact) mass is 433 g/mol. The molecule has 2 aromatic carbocycles. The number of hydrogen-bond donors (Lipinski definition) is 1. The van der Waals surface area contributed by atoms with Crippen LogP contribution in [0.1, 0.15) is 23.6 Å². The highest BCUT2D eigenvalue weighted by Gasteiger charge is 2.24. The summed E-state index contributed by atoms with van der Waals surface area (Å²) in [5.74, 6) is 0.742. The zero-order valence-corrected chi connectivity index (χ0v) is 15.1. The van der Waals surface area contributed by atoms with Crippen molar-refractivity contribution in [3.63, 3.8) is 0 Å². The summed E-state index contributed by atoms with van der Waals surface area (Å²) >= 11 is 14.7. The van der Waals surface area contributed by atoms with Crippen LogP contribution in [-0.4, -0.2) is 6.61 Å². The molecule has 5 heteroatoms. The smallest absolute Gasteiger partial charge is 0.143 e. The Kier molecular flexibility index (Phi) is 4.52. The number of halogens is 3. The second kappa shape index (κ2) is 6.23. The van der Waals surface area contributed by atoms with Crippen molar-refractivity contribution in [2.24, 2.45) is 0 Å². The van der Waals surface area contributed by atoms with E-state index in [4.69, 9.17) is 27.9 Å². The Balaban J connectivity index is 1.93. The standard InChI is InChI=1S/C16H14Cl2INO/c1-9-2-3-11(8-14(9)19)20-15-4-5-21-16-12(15)6-10(17)7-13(16)18/h2-3,6-8,15,20H,4-5H2,1H3. The average molecular weight is 434 g/mol. The third-order valence-electron chi connectivity index (χ3n) is 3.58. The van der Waals surface area contributed by atoms with E-state index in [-0.39, 0.29) is 6.04 Å². The Morgan fingerprint density at radius 1 is 1.24 bits per heavy atom. The molecule has 0 spiro atoms. The molecule has 0 aromatic heterocycles. The van der Waals surface area contributed by atoms with Crippen LogP contribution in [0.4, 0.5) is 5.69 Å². The average Bonchev–Trinajstić information content (AvgIpc) is 2.44. The molecular weight excluding hydrogens is 420 g/mol. The van der Waals surface area contributed by atoms with Crippen LogP contribution in [0.15, 0.2) is 30.3 Å². The zero-order chi connectivity index (χ0) is 15.0. The Hall–Kier alpha value is -0.650. The number of rotatable bonds is 2. The predicted molar refractivity (Wildman–Crippen MR) is 96.8 cm³/mol. The highest BCUT2D eigenvalue weighted by molar-refractivity contribution is 14.1. The maximum atomic E-state index is 6.22. The largest absolute Gasteiger partial charge is 0.492 e. The van der Waals surface area contributed by atoms with E-state index >= 15 is 0 Å². The van der Waals surface area contributed by atoms with Crippen LogP contribution in [-0.2, 0) is 0 Å². The molecular formula is C16H14Cl2INO. The molecule has 1 unspecified atom stereocenters. The fourth-order valence-corrected chi connectivity index (χ4v) is 3.54. The first-order chi connectivity index (χ1) is 10.0. The fraction of sp³-hybridized carbons (Fsp3) is 0.250. The number of ether oxygens (including phenoxy) is 1. The second-order valence-corrected chi connectivity index (χ2v) is 7.11. The quantitative estimate of drug-likeness (QED) is 0.600. The Labute approximate surface area is 147 Å². The van der Waals surface area contributed by atoms with E-state index < -0.39 is 0 Å². The molecule has 1 aliphatic heterocycles. The molecule has 21 heavy (non-hydrogen) atoms. The molecule has 110 valence electrons. The van der Waals surface area contributed by atoms with E-state index in [1.807, 2.05) is 6.07 Å². The Morgan fingerprint density at radius 2 is 2.05 bits per heavy atom.